The number of hydrogen-bond donors (Lipinski definition) is 2. The van der Waals surface area contributed by atoms with Crippen LogP contribution >= 0.6 is 27.5 Å². The first-order chi connectivity index (χ1) is 7.68. The molecule has 0 atom stereocenters. The minimum Gasteiger partial charge on any atom is -0.381 e. The van der Waals surface area contributed by atoms with Crippen molar-refractivity contribution in [3.63, 3.8) is 0 Å². The first kappa shape index (κ1) is 11.2. The van der Waals surface area contributed by atoms with E-state index >= 15 is 0 Å². The van der Waals surface area contributed by atoms with Crippen molar-refractivity contribution in [1.29, 1.82) is 0 Å². The molecule has 2 rings (SSSR count). The maximum atomic E-state index is 5.97. The van der Waals surface area contributed by atoms with Crippen LogP contribution in [0.4, 0.5) is 17.3 Å². The highest BCUT2D eigenvalue weighted by Crippen LogP contribution is 2.32. The Morgan fingerprint density at radius 3 is 2.75 bits per heavy atom. The lowest BCUT2D eigenvalue weighted by Gasteiger charge is -2.09. The molecule has 0 aliphatic rings. The van der Waals surface area contributed by atoms with E-state index in [2.05, 4.69) is 31.2 Å². The molecule has 0 fully saturated rings. The normalized spacial score (nSPS) is 10.1. The Labute approximate surface area is 106 Å². The fourth-order valence-corrected chi connectivity index (χ4v) is 1.71. The van der Waals surface area contributed by atoms with Gasteiger partial charge in [0, 0.05) is 12.4 Å². The molecule has 16 heavy (non-hydrogen) atoms. The zero-order chi connectivity index (χ0) is 11.5. The minimum absolute atomic E-state index is 0.342. The number of rotatable bonds is 2. The fourth-order valence-electron chi connectivity index (χ4n) is 1.17. The maximum Gasteiger partial charge on any atom is 0.173 e. The van der Waals surface area contributed by atoms with Gasteiger partial charge >= 0.3 is 0 Å². The Balaban J connectivity index is 2.35. The molecule has 0 unspecified atom stereocenters. The van der Waals surface area contributed by atoms with Crippen molar-refractivity contribution in [2.75, 3.05) is 11.1 Å². The molecule has 0 bridgehead atoms. The van der Waals surface area contributed by atoms with E-state index in [9.17, 15) is 0 Å². The predicted molar refractivity (Wildman–Crippen MR) is 68.9 cm³/mol. The van der Waals surface area contributed by atoms with Crippen molar-refractivity contribution in [2.45, 2.75) is 0 Å². The van der Waals surface area contributed by atoms with Crippen molar-refractivity contribution in [1.82, 2.24) is 9.97 Å². The van der Waals surface area contributed by atoms with Gasteiger partial charge in [0.15, 0.2) is 11.6 Å². The summed E-state index contributed by atoms with van der Waals surface area (Å²) in [7, 11) is 0. The lowest BCUT2D eigenvalue weighted by Crippen LogP contribution is -2.01. The average molecular weight is 300 g/mol. The lowest BCUT2D eigenvalue weighted by molar-refractivity contribution is 1.21. The molecule has 0 radical (unpaired) electrons. The second-order valence-electron chi connectivity index (χ2n) is 3.02. The molecule has 0 aliphatic heterocycles. The summed E-state index contributed by atoms with van der Waals surface area (Å²) in [6.07, 6.45) is 3.10. The topological polar surface area (TPSA) is 63.8 Å². The fraction of sp³-hybridized carbons (Fsp3) is 0. The zero-order valence-electron chi connectivity index (χ0n) is 8.11. The Hall–Kier alpha value is -1.33. The van der Waals surface area contributed by atoms with Crippen molar-refractivity contribution >= 4 is 44.9 Å². The average Bonchev–Trinajstić information content (AvgIpc) is 2.28. The summed E-state index contributed by atoms with van der Waals surface area (Å²) in [5, 5.41) is 3.67. The predicted octanol–water partition coefficient (Wildman–Crippen LogP) is 3.22. The Bertz CT molecular complexity index is 518. The number of halogens is 2. The van der Waals surface area contributed by atoms with Gasteiger partial charge in [-0.3, -0.25) is 0 Å². The Kier molecular flexibility index (Phi) is 3.26. The van der Waals surface area contributed by atoms with Crippen LogP contribution in [-0.4, -0.2) is 9.97 Å². The van der Waals surface area contributed by atoms with Gasteiger partial charge in [0.25, 0.3) is 0 Å². The van der Waals surface area contributed by atoms with Gasteiger partial charge in [-0.25, -0.2) is 9.97 Å². The van der Waals surface area contributed by atoms with Crippen LogP contribution < -0.4 is 11.1 Å². The van der Waals surface area contributed by atoms with E-state index in [1.807, 2.05) is 12.1 Å². The first-order valence-corrected chi connectivity index (χ1v) is 5.63. The molecule has 2 aromatic rings. The van der Waals surface area contributed by atoms with E-state index < -0.39 is 0 Å². The number of aromatic nitrogens is 2. The van der Waals surface area contributed by atoms with Crippen molar-refractivity contribution in [3.8, 4) is 0 Å². The van der Waals surface area contributed by atoms with Crippen LogP contribution in [0.3, 0.4) is 0 Å². The van der Waals surface area contributed by atoms with Crippen LogP contribution in [0.5, 0.6) is 0 Å². The summed E-state index contributed by atoms with van der Waals surface area (Å²) >= 11 is 9.34. The molecule has 0 saturated heterocycles. The van der Waals surface area contributed by atoms with Crippen LogP contribution in [0.2, 0.25) is 5.02 Å². The lowest BCUT2D eigenvalue weighted by atomic mass is 10.3. The zero-order valence-corrected chi connectivity index (χ0v) is 10.5. The van der Waals surface area contributed by atoms with E-state index in [1.54, 1.807) is 12.3 Å². The summed E-state index contributed by atoms with van der Waals surface area (Å²) in [6, 6.07) is 5.49. The summed E-state index contributed by atoms with van der Waals surface area (Å²) in [4.78, 5) is 8.01. The first-order valence-electron chi connectivity index (χ1n) is 4.46. The Morgan fingerprint density at radius 1 is 1.25 bits per heavy atom. The van der Waals surface area contributed by atoms with Crippen molar-refractivity contribution < 1.29 is 0 Å². The monoisotopic (exact) mass is 298 g/mol. The van der Waals surface area contributed by atoms with Gasteiger partial charge in [-0.2, -0.15) is 0 Å². The molecule has 82 valence electrons. The molecular weight excluding hydrogens is 291 g/mol. The summed E-state index contributed by atoms with van der Waals surface area (Å²) in [5.41, 5.74) is 6.46. The highest BCUT2D eigenvalue weighted by Gasteiger charge is 2.06. The smallest absolute Gasteiger partial charge is 0.173 e. The van der Waals surface area contributed by atoms with Crippen LogP contribution in [0.15, 0.2) is 35.1 Å². The number of nitrogen functional groups attached to an aromatic ring is 1. The molecule has 0 saturated carbocycles. The molecule has 6 heteroatoms. The van der Waals surface area contributed by atoms with Gasteiger partial charge in [0.05, 0.1) is 15.2 Å². The van der Waals surface area contributed by atoms with E-state index in [1.165, 1.54) is 6.20 Å². The second-order valence-corrected chi connectivity index (χ2v) is 4.22. The number of hydrogen-bond acceptors (Lipinski definition) is 4. The number of nitrogens with two attached hydrogens (primary N) is 1. The van der Waals surface area contributed by atoms with Gasteiger partial charge in [-0.05, 0) is 28.1 Å². The molecule has 1 aromatic carbocycles. The van der Waals surface area contributed by atoms with Gasteiger partial charge < -0.3 is 11.1 Å². The third-order valence-corrected chi connectivity index (χ3v) is 3.33. The summed E-state index contributed by atoms with van der Waals surface area (Å²) in [6.45, 7) is 0. The molecular formula is C10H8BrClN4. The van der Waals surface area contributed by atoms with Crippen LogP contribution in [0, 0.1) is 0 Å². The van der Waals surface area contributed by atoms with Crippen LogP contribution in [0.1, 0.15) is 0 Å². The minimum atomic E-state index is 0.342. The van der Waals surface area contributed by atoms with Gasteiger partial charge in [0.1, 0.15) is 0 Å². The standard InChI is InChI=1S/C10H8BrClN4/c11-8-6(12)2-1-3-7(8)16-10-9(13)14-4-5-15-10/h1-5H,(H2,13,14)(H,15,16). The van der Waals surface area contributed by atoms with Crippen molar-refractivity contribution in [3.05, 3.63) is 40.1 Å². The molecule has 1 aromatic heterocycles. The van der Waals surface area contributed by atoms with E-state index in [-0.39, 0.29) is 0 Å². The molecule has 0 amide bonds. The molecule has 1 heterocycles. The van der Waals surface area contributed by atoms with Gasteiger partial charge in [0.2, 0.25) is 0 Å². The highest BCUT2D eigenvalue weighted by molar-refractivity contribution is 9.10. The number of anilines is 3. The summed E-state index contributed by atoms with van der Waals surface area (Å²) < 4.78 is 0.765. The van der Waals surface area contributed by atoms with Crippen molar-refractivity contribution in [2.24, 2.45) is 0 Å². The highest BCUT2D eigenvalue weighted by atomic mass is 79.9. The van der Waals surface area contributed by atoms with Gasteiger partial charge in [-0.15, -0.1) is 0 Å². The van der Waals surface area contributed by atoms with E-state index in [0.717, 1.165) is 10.2 Å². The van der Waals surface area contributed by atoms with Gasteiger partial charge in [-0.1, -0.05) is 17.7 Å². The molecule has 4 nitrogen and oxygen atoms in total. The number of benzene rings is 1. The number of nitrogens with zero attached hydrogens (tertiary/aromatic N) is 2. The third-order valence-electron chi connectivity index (χ3n) is 1.93. The SMILES string of the molecule is Nc1nccnc1Nc1cccc(Cl)c1Br. The summed E-state index contributed by atoms with van der Waals surface area (Å²) in [5.74, 6) is 0.847. The number of nitrogens with one attached hydrogen (secondary N) is 1. The van der Waals surface area contributed by atoms with E-state index in [0.29, 0.717) is 16.7 Å². The maximum absolute atomic E-state index is 5.97. The molecule has 3 N–H and O–H groups in total. The van der Waals surface area contributed by atoms with Crippen LogP contribution in [0.25, 0.3) is 0 Å². The van der Waals surface area contributed by atoms with E-state index in [4.69, 9.17) is 17.3 Å². The Morgan fingerprint density at radius 2 is 2.00 bits per heavy atom. The second kappa shape index (κ2) is 4.67. The molecule has 0 spiro atoms. The third kappa shape index (κ3) is 2.25. The molecule has 0 aliphatic carbocycles. The largest absolute Gasteiger partial charge is 0.381 e. The van der Waals surface area contributed by atoms with Crippen LogP contribution in [-0.2, 0) is 0 Å². The quantitative estimate of drug-likeness (QED) is 0.893.